The molecule has 1 saturated heterocycles. The van der Waals surface area contributed by atoms with Gasteiger partial charge in [-0.1, -0.05) is 19.9 Å². The number of hydrogen-bond donors (Lipinski definition) is 0. The SMILES string of the molecule is [CH2]C1CN1CCC(C)(C)CC=C. The van der Waals surface area contributed by atoms with Crippen molar-refractivity contribution in [3.8, 4) is 0 Å². The van der Waals surface area contributed by atoms with Crippen molar-refractivity contribution in [2.75, 3.05) is 13.1 Å². The van der Waals surface area contributed by atoms with E-state index in [-0.39, 0.29) is 0 Å². The second kappa shape index (κ2) is 3.61. The van der Waals surface area contributed by atoms with Crippen molar-refractivity contribution in [2.45, 2.75) is 32.7 Å². The van der Waals surface area contributed by atoms with Gasteiger partial charge in [-0.15, -0.1) is 6.58 Å². The largest absolute Gasteiger partial charge is 0.298 e. The second-order valence-corrected chi connectivity index (χ2v) is 4.56. The Morgan fingerprint density at radius 3 is 2.58 bits per heavy atom. The molecule has 0 bridgehead atoms. The van der Waals surface area contributed by atoms with E-state index >= 15 is 0 Å². The second-order valence-electron chi connectivity index (χ2n) is 4.56. The molecule has 1 fully saturated rings. The zero-order chi connectivity index (χ0) is 9.19. The molecule has 1 radical (unpaired) electrons. The molecule has 1 rings (SSSR count). The van der Waals surface area contributed by atoms with E-state index in [9.17, 15) is 0 Å². The average molecular weight is 166 g/mol. The standard InChI is InChI=1S/C11H20N/c1-5-6-11(3,4)7-8-12-9-10(12)2/h5,10H,1-2,6-9H2,3-4H3. The van der Waals surface area contributed by atoms with E-state index in [4.69, 9.17) is 0 Å². The van der Waals surface area contributed by atoms with Crippen molar-refractivity contribution in [1.82, 2.24) is 4.90 Å². The molecule has 0 aliphatic carbocycles. The Morgan fingerprint density at radius 2 is 2.17 bits per heavy atom. The Bertz CT molecular complexity index is 160. The van der Waals surface area contributed by atoms with Crippen molar-refractivity contribution < 1.29 is 0 Å². The van der Waals surface area contributed by atoms with E-state index < -0.39 is 0 Å². The van der Waals surface area contributed by atoms with Crippen LogP contribution >= 0.6 is 0 Å². The van der Waals surface area contributed by atoms with Gasteiger partial charge in [0.2, 0.25) is 0 Å². The van der Waals surface area contributed by atoms with Crippen LogP contribution < -0.4 is 0 Å². The lowest BCUT2D eigenvalue weighted by Crippen LogP contribution is -2.16. The highest BCUT2D eigenvalue weighted by Gasteiger charge is 2.30. The van der Waals surface area contributed by atoms with E-state index in [2.05, 4.69) is 32.3 Å². The molecule has 0 saturated carbocycles. The van der Waals surface area contributed by atoms with Crippen LogP contribution in [0.2, 0.25) is 0 Å². The lowest BCUT2D eigenvalue weighted by molar-refractivity contribution is 0.306. The lowest BCUT2D eigenvalue weighted by atomic mass is 9.86. The molecule has 1 heterocycles. The minimum atomic E-state index is 0.421. The molecule has 0 N–H and O–H groups in total. The molecule has 0 spiro atoms. The van der Waals surface area contributed by atoms with Gasteiger partial charge in [-0.3, -0.25) is 4.90 Å². The summed E-state index contributed by atoms with van der Waals surface area (Å²) in [6.45, 7) is 14.8. The van der Waals surface area contributed by atoms with Crippen molar-refractivity contribution in [2.24, 2.45) is 5.41 Å². The highest BCUT2D eigenvalue weighted by atomic mass is 15.3. The van der Waals surface area contributed by atoms with Gasteiger partial charge < -0.3 is 0 Å². The molecule has 1 aliphatic rings. The van der Waals surface area contributed by atoms with Crippen LogP contribution in [0, 0.1) is 12.3 Å². The lowest BCUT2D eigenvalue weighted by Gasteiger charge is -2.22. The van der Waals surface area contributed by atoms with E-state index in [1.54, 1.807) is 0 Å². The van der Waals surface area contributed by atoms with E-state index in [1.165, 1.54) is 19.5 Å². The fourth-order valence-corrected chi connectivity index (χ4v) is 1.44. The van der Waals surface area contributed by atoms with Crippen molar-refractivity contribution in [3.63, 3.8) is 0 Å². The summed E-state index contributed by atoms with van der Waals surface area (Å²) < 4.78 is 0. The molecule has 12 heavy (non-hydrogen) atoms. The van der Waals surface area contributed by atoms with Crippen LogP contribution in [0.1, 0.15) is 26.7 Å². The number of rotatable bonds is 5. The maximum absolute atomic E-state index is 3.98. The van der Waals surface area contributed by atoms with E-state index in [1.807, 2.05) is 6.08 Å². The predicted octanol–water partition coefficient (Wildman–Crippen LogP) is 2.50. The Hall–Kier alpha value is -0.300. The minimum absolute atomic E-state index is 0.421. The minimum Gasteiger partial charge on any atom is -0.298 e. The van der Waals surface area contributed by atoms with Gasteiger partial charge in [-0.2, -0.15) is 0 Å². The van der Waals surface area contributed by atoms with Crippen LogP contribution in [0.15, 0.2) is 12.7 Å². The molecular weight excluding hydrogens is 146 g/mol. The summed E-state index contributed by atoms with van der Waals surface area (Å²) in [5, 5.41) is 0. The smallest absolute Gasteiger partial charge is 0.0224 e. The van der Waals surface area contributed by atoms with Crippen LogP contribution in [0.5, 0.6) is 0 Å². The zero-order valence-corrected chi connectivity index (χ0v) is 8.34. The summed E-state index contributed by atoms with van der Waals surface area (Å²) >= 11 is 0. The van der Waals surface area contributed by atoms with E-state index in [0.717, 1.165) is 6.42 Å². The van der Waals surface area contributed by atoms with Gasteiger partial charge in [0.15, 0.2) is 0 Å². The summed E-state index contributed by atoms with van der Waals surface area (Å²) in [5.74, 6) is 0. The third kappa shape index (κ3) is 2.98. The van der Waals surface area contributed by atoms with Gasteiger partial charge in [0.1, 0.15) is 0 Å². The fraction of sp³-hybridized carbons (Fsp3) is 0.727. The molecule has 0 aromatic carbocycles. The van der Waals surface area contributed by atoms with Gasteiger partial charge in [0.05, 0.1) is 0 Å². The first-order valence-corrected chi connectivity index (χ1v) is 4.73. The Balaban J connectivity index is 2.16. The Kier molecular flexibility index (Phi) is 2.94. The molecule has 69 valence electrons. The Morgan fingerprint density at radius 1 is 1.58 bits per heavy atom. The highest BCUT2D eigenvalue weighted by Crippen LogP contribution is 2.28. The van der Waals surface area contributed by atoms with Crippen LogP contribution in [0.4, 0.5) is 0 Å². The van der Waals surface area contributed by atoms with Crippen LogP contribution in [0.3, 0.4) is 0 Å². The molecule has 0 aromatic rings. The first-order valence-electron chi connectivity index (χ1n) is 4.73. The van der Waals surface area contributed by atoms with E-state index in [0.29, 0.717) is 11.5 Å². The molecule has 1 aliphatic heterocycles. The molecule has 2 atom stereocenters. The number of allylic oxidation sites excluding steroid dienone is 1. The summed E-state index contributed by atoms with van der Waals surface area (Å²) in [4.78, 5) is 2.41. The monoisotopic (exact) mass is 166 g/mol. The Labute approximate surface area is 76.5 Å². The molecule has 1 nitrogen and oxygen atoms in total. The van der Waals surface area contributed by atoms with Gasteiger partial charge in [-0.25, -0.2) is 0 Å². The van der Waals surface area contributed by atoms with Gasteiger partial charge in [0.25, 0.3) is 0 Å². The first kappa shape index (κ1) is 9.79. The number of nitrogens with zero attached hydrogens (tertiary/aromatic N) is 1. The molecular formula is C11H20N. The maximum Gasteiger partial charge on any atom is 0.0224 e. The van der Waals surface area contributed by atoms with Crippen molar-refractivity contribution in [1.29, 1.82) is 0 Å². The quantitative estimate of drug-likeness (QED) is 0.448. The third-order valence-corrected chi connectivity index (χ3v) is 2.60. The van der Waals surface area contributed by atoms with Crippen LogP contribution in [0.25, 0.3) is 0 Å². The van der Waals surface area contributed by atoms with Gasteiger partial charge in [0, 0.05) is 12.6 Å². The summed E-state index contributed by atoms with van der Waals surface area (Å²) in [5.41, 5.74) is 0.421. The fourth-order valence-electron chi connectivity index (χ4n) is 1.44. The van der Waals surface area contributed by atoms with Gasteiger partial charge >= 0.3 is 0 Å². The first-order chi connectivity index (χ1) is 5.55. The average Bonchev–Trinajstić information content (AvgIpc) is 2.63. The summed E-state index contributed by atoms with van der Waals surface area (Å²) in [6.07, 6.45) is 4.39. The molecule has 1 heteroatoms. The zero-order valence-electron chi connectivity index (χ0n) is 8.34. The van der Waals surface area contributed by atoms with Crippen molar-refractivity contribution in [3.05, 3.63) is 19.6 Å². The third-order valence-electron chi connectivity index (χ3n) is 2.60. The summed E-state index contributed by atoms with van der Waals surface area (Å²) in [7, 11) is 0. The molecule has 0 amide bonds. The van der Waals surface area contributed by atoms with Crippen LogP contribution in [-0.2, 0) is 0 Å². The summed E-state index contributed by atoms with van der Waals surface area (Å²) in [6, 6.07) is 0.601. The van der Waals surface area contributed by atoms with Crippen molar-refractivity contribution >= 4 is 0 Å². The normalized spacial score (nSPS) is 28.6. The van der Waals surface area contributed by atoms with Crippen LogP contribution in [-0.4, -0.2) is 24.0 Å². The van der Waals surface area contributed by atoms with Gasteiger partial charge in [-0.05, 0) is 31.7 Å². The predicted molar refractivity (Wildman–Crippen MR) is 53.9 cm³/mol. The maximum atomic E-state index is 3.98. The topological polar surface area (TPSA) is 3.01 Å². The molecule has 0 aromatic heterocycles. The molecule has 2 unspecified atom stereocenters. The number of hydrogen-bond acceptors (Lipinski definition) is 1. The highest BCUT2D eigenvalue weighted by molar-refractivity contribution is 4.92.